The van der Waals surface area contributed by atoms with Gasteiger partial charge >= 0.3 is 5.97 Å². The Balaban J connectivity index is 2.59. The van der Waals surface area contributed by atoms with Gasteiger partial charge in [-0.25, -0.2) is 4.79 Å². The Labute approximate surface area is 100.0 Å². The summed E-state index contributed by atoms with van der Waals surface area (Å²) in [6.07, 6.45) is 1.62. The van der Waals surface area contributed by atoms with E-state index >= 15 is 0 Å². The number of hydrogen-bond donors (Lipinski definition) is 2. The fraction of sp³-hybridized carbons (Fsp3) is 0.727. The maximum absolute atomic E-state index is 11.6. The second-order valence-corrected chi connectivity index (χ2v) is 4.71. The predicted molar refractivity (Wildman–Crippen MR) is 60.2 cm³/mol. The minimum Gasteiger partial charge on any atom is -0.480 e. The zero-order valence-corrected chi connectivity index (χ0v) is 10.3. The Hall–Kier alpha value is -1.59. The molecule has 1 rings (SSSR count). The molecule has 1 fully saturated rings. The molecule has 2 amide bonds. The number of nitrogens with one attached hydrogen (secondary N) is 1. The summed E-state index contributed by atoms with van der Waals surface area (Å²) >= 11 is 0. The molecule has 0 aliphatic heterocycles. The van der Waals surface area contributed by atoms with Crippen LogP contribution in [0.2, 0.25) is 0 Å². The molecule has 1 unspecified atom stereocenters. The number of aliphatic carboxylic acids is 1. The van der Waals surface area contributed by atoms with Gasteiger partial charge in [-0.15, -0.1) is 0 Å². The molecule has 1 saturated carbocycles. The van der Waals surface area contributed by atoms with Crippen LogP contribution in [0.5, 0.6) is 0 Å². The predicted octanol–water partition coefficient (Wildman–Crippen LogP) is -0.166. The van der Waals surface area contributed by atoms with Crippen molar-refractivity contribution >= 4 is 17.8 Å². The number of nitrogens with zero attached hydrogens (tertiary/aromatic N) is 1. The lowest BCUT2D eigenvalue weighted by molar-refractivity contribution is -0.148. The van der Waals surface area contributed by atoms with Gasteiger partial charge in [-0.05, 0) is 25.7 Å². The van der Waals surface area contributed by atoms with Gasteiger partial charge in [0.05, 0.1) is 6.54 Å². The topological polar surface area (TPSA) is 86.7 Å². The lowest BCUT2D eigenvalue weighted by Gasteiger charge is -2.27. The summed E-state index contributed by atoms with van der Waals surface area (Å²) in [5.74, 6) is -1.71. The molecule has 1 aliphatic rings. The number of rotatable bonds is 5. The van der Waals surface area contributed by atoms with Crippen molar-refractivity contribution in [2.24, 2.45) is 5.92 Å². The van der Waals surface area contributed by atoms with Crippen molar-refractivity contribution in [1.29, 1.82) is 0 Å². The van der Waals surface area contributed by atoms with E-state index in [-0.39, 0.29) is 18.4 Å². The summed E-state index contributed by atoms with van der Waals surface area (Å²) in [6.45, 7) is 2.74. The van der Waals surface area contributed by atoms with Gasteiger partial charge in [0.1, 0.15) is 5.54 Å². The second-order valence-electron chi connectivity index (χ2n) is 4.71. The van der Waals surface area contributed by atoms with Gasteiger partial charge in [-0.2, -0.15) is 0 Å². The van der Waals surface area contributed by atoms with Crippen LogP contribution in [-0.2, 0) is 14.4 Å². The monoisotopic (exact) mass is 242 g/mol. The fourth-order valence-corrected chi connectivity index (χ4v) is 1.65. The largest absolute Gasteiger partial charge is 0.480 e. The number of hydrogen-bond acceptors (Lipinski definition) is 3. The van der Waals surface area contributed by atoms with Crippen LogP contribution in [0, 0.1) is 5.92 Å². The van der Waals surface area contributed by atoms with E-state index in [1.807, 2.05) is 0 Å². The normalized spacial score (nSPS) is 18.1. The molecule has 0 saturated heterocycles. The van der Waals surface area contributed by atoms with Crippen LogP contribution in [0.1, 0.15) is 26.7 Å². The van der Waals surface area contributed by atoms with Crippen LogP contribution < -0.4 is 5.32 Å². The maximum atomic E-state index is 11.6. The van der Waals surface area contributed by atoms with E-state index in [4.69, 9.17) is 5.11 Å². The van der Waals surface area contributed by atoms with E-state index in [2.05, 4.69) is 5.32 Å². The van der Waals surface area contributed by atoms with E-state index < -0.39 is 17.4 Å². The van der Waals surface area contributed by atoms with Gasteiger partial charge in [0.2, 0.25) is 11.8 Å². The lowest BCUT2D eigenvalue weighted by atomic mass is 9.96. The first-order valence-corrected chi connectivity index (χ1v) is 5.53. The van der Waals surface area contributed by atoms with Crippen molar-refractivity contribution in [3.8, 4) is 0 Å². The minimum absolute atomic E-state index is 0.00779. The number of carboxylic acids is 1. The molecule has 6 heteroatoms. The third-order valence-corrected chi connectivity index (χ3v) is 3.16. The molecule has 2 N–H and O–H groups in total. The summed E-state index contributed by atoms with van der Waals surface area (Å²) in [6, 6.07) is 0. The van der Waals surface area contributed by atoms with Crippen molar-refractivity contribution in [3.63, 3.8) is 0 Å². The average Bonchev–Trinajstić information content (AvgIpc) is 2.99. The molecule has 17 heavy (non-hydrogen) atoms. The molecule has 1 aliphatic carbocycles. The highest BCUT2D eigenvalue weighted by Crippen LogP contribution is 2.39. The number of carboxylic acid groups (broad SMARTS) is 1. The molecular weight excluding hydrogens is 224 g/mol. The van der Waals surface area contributed by atoms with Gasteiger partial charge in [-0.3, -0.25) is 9.59 Å². The fourth-order valence-electron chi connectivity index (χ4n) is 1.65. The van der Waals surface area contributed by atoms with Crippen LogP contribution in [0.25, 0.3) is 0 Å². The summed E-state index contributed by atoms with van der Waals surface area (Å²) in [4.78, 5) is 35.0. The molecule has 0 heterocycles. The van der Waals surface area contributed by atoms with Crippen LogP contribution >= 0.6 is 0 Å². The quantitative estimate of drug-likeness (QED) is 0.701. The molecule has 6 nitrogen and oxygen atoms in total. The van der Waals surface area contributed by atoms with Crippen molar-refractivity contribution in [2.75, 3.05) is 13.6 Å². The maximum Gasteiger partial charge on any atom is 0.329 e. The second kappa shape index (κ2) is 4.73. The summed E-state index contributed by atoms with van der Waals surface area (Å²) < 4.78 is 0. The van der Waals surface area contributed by atoms with Crippen LogP contribution in [-0.4, -0.2) is 46.9 Å². The van der Waals surface area contributed by atoms with E-state index in [1.54, 1.807) is 0 Å². The summed E-state index contributed by atoms with van der Waals surface area (Å²) in [5.41, 5.74) is -1.21. The van der Waals surface area contributed by atoms with Gasteiger partial charge in [0.25, 0.3) is 0 Å². The zero-order chi connectivity index (χ0) is 13.2. The lowest BCUT2D eigenvalue weighted by Crippen LogP contribution is -2.56. The minimum atomic E-state index is -1.21. The van der Waals surface area contributed by atoms with Crippen LogP contribution in [0.4, 0.5) is 0 Å². The number of likely N-dealkylation sites (N-methyl/N-ethyl adjacent to an activating group) is 1. The standard InChI is InChI=1S/C11H18N2O4/c1-7(14)13(3)6-9(15)12-11(2,10(16)17)8-4-5-8/h8H,4-6H2,1-3H3,(H,12,15)(H,16,17). The Morgan fingerprint density at radius 1 is 1.41 bits per heavy atom. The molecule has 0 radical (unpaired) electrons. The van der Waals surface area contributed by atoms with Gasteiger partial charge in [0.15, 0.2) is 0 Å². The SMILES string of the molecule is CC(=O)N(C)CC(=O)NC(C)(C(=O)O)C1CC1. The Bertz CT molecular complexity index is 351. The van der Waals surface area contributed by atoms with E-state index in [0.717, 1.165) is 12.8 Å². The molecular formula is C11H18N2O4. The smallest absolute Gasteiger partial charge is 0.329 e. The third kappa shape index (κ3) is 3.18. The highest BCUT2D eigenvalue weighted by molar-refractivity contribution is 5.89. The summed E-state index contributed by atoms with van der Waals surface area (Å²) in [5, 5.41) is 11.6. The highest BCUT2D eigenvalue weighted by Gasteiger charge is 2.48. The van der Waals surface area contributed by atoms with Crippen molar-refractivity contribution in [1.82, 2.24) is 10.2 Å². The van der Waals surface area contributed by atoms with Crippen LogP contribution in [0.3, 0.4) is 0 Å². The first-order chi connectivity index (χ1) is 7.77. The Kier molecular flexibility index (Phi) is 3.75. The van der Waals surface area contributed by atoms with E-state index in [9.17, 15) is 14.4 Å². The molecule has 0 spiro atoms. The molecule has 0 aromatic heterocycles. The van der Waals surface area contributed by atoms with Gasteiger partial charge in [0, 0.05) is 14.0 Å². The highest BCUT2D eigenvalue weighted by atomic mass is 16.4. The van der Waals surface area contributed by atoms with Crippen molar-refractivity contribution in [3.05, 3.63) is 0 Å². The Morgan fingerprint density at radius 3 is 2.29 bits per heavy atom. The molecule has 1 atom stereocenters. The molecule has 0 bridgehead atoms. The average molecular weight is 242 g/mol. The summed E-state index contributed by atoms with van der Waals surface area (Å²) in [7, 11) is 1.50. The molecule has 0 aromatic rings. The van der Waals surface area contributed by atoms with Crippen molar-refractivity contribution in [2.45, 2.75) is 32.2 Å². The van der Waals surface area contributed by atoms with Crippen LogP contribution in [0.15, 0.2) is 0 Å². The number of carbonyl (C=O) groups is 3. The first-order valence-electron chi connectivity index (χ1n) is 5.53. The first kappa shape index (κ1) is 13.5. The molecule has 0 aromatic carbocycles. The van der Waals surface area contributed by atoms with Gasteiger partial charge in [-0.1, -0.05) is 0 Å². The van der Waals surface area contributed by atoms with E-state index in [1.165, 1.54) is 25.8 Å². The number of carbonyl (C=O) groups excluding carboxylic acids is 2. The van der Waals surface area contributed by atoms with Gasteiger partial charge < -0.3 is 15.3 Å². The van der Waals surface area contributed by atoms with Crippen molar-refractivity contribution < 1.29 is 19.5 Å². The Morgan fingerprint density at radius 2 is 1.94 bits per heavy atom. The number of amides is 2. The molecule has 96 valence electrons. The third-order valence-electron chi connectivity index (χ3n) is 3.16. The zero-order valence-electron chi connectivity index (χ0n) is 10.3. The van der Waals surface area contributed by atoms with E-state index in [0.29, 0.717) is 0 Å².